The Hall–Kier alpha value is -2.53. The van der Waals surface area contributed by atoms with Crippen LogP contribution in [0.15, 0.2) is 40.9 Å². The highest BCUT2D eigenvalue weighted by molar-refractivity contribution is 7.99. The van der Waals surface area contributed by atoms with Gasteiger partial charge in [-0.1, -0.05) is 17.8 Å². The molecule has 0 unspecified atom stereocenters. The van der Waals surface area contributed by atoms with Gasteiger partial charge in [-0.2, -0.15) is 13.2 Å². The van der Waals surface area contributed by atoms with E-state index in [9.17, 15) is 18.0 Å². The topological polar surface area (TPSA) is 63.1 Å². The van der Waals surface area contributed by atoms with Crippen LogP contribution < -0.4 is 10.2 Å². The predicted octanol–water partition coefficient (Wildman–Crippen LogP) is 4.89. The largest absolute Gasteiger partial charge is 0.416 e. The summed E-state index contributed by atoms with van der Waals surface area (Å²) in [7, 11) is 1.81. The molecule has 1 aliphatic rings. The van der Waals surface area contributed by atoms with Crippen LogP contribution in [0, 0.1) is 0 Å². The van der Waals surface area contributed by atoms with Crippen molar-refractivity contribution in [2.24, 2.45) is 7.05 Å². The Morgan fingerprint density at radius 1 is 1.23 bits per heavy atom. The molecule has 3 heterocycles. The monoisotopic (exact) mass is 467 g/mol. The molecule has 0 spiro atoms. The lowest BCUT2D eigenvalue weighted by atomic mass is 10.1. The van der Waals surface area contributed by atoms with Gasteiger partial charge in [0.2, 0.25) is 5.91 Å². The normalized spacial score (nSPS) is 14.3. The predicted molar refractivity (Wildman–Crippen MR) is 117 cm³/mol. The fourth-order valence-corrected chi connectivity index (χ4v) is 4.88. The van der Waals surface area contributed by atoms with Gasteiger partial charge in [0.25, 0.3) is 0 Å². The number of amides is 1. The molecule has 0 saturated carbocycles. The van der Waals surface area contributed by atoms with Gasteiger partial charge in [0, 0.05) is 20.1 Å². The smallest absolute Gasteiger partial charge is 0.370 e. The second kappa shape index (κ2) is 8.91. The maximum absolute atomic E-state index is 13.2. The molecule has 3 aromatic rings. The summed E-state index contributed by atoms with van der Waals surface area (Å²) in [5.41, 5.74) is 0.00865. The minimum absolute atomic E-state index is 0.00605. The van der Waals surface area contributed by atoms with Crippen LogP contribution in [0.4, 0.5) is 24.5 Å². The first-order valence-corrected chi connectivity index (χ1v) is 11.5. The zero-order valence-corrected chi connectivity index (χ0v) is 18.3. The number of nitrogens with zero attached hydrogens (tertiary/aromatic N) is 4. The SMILES string of the molecule is Cn1c(SCC(=O)Nc2cc(C(F)(F)F)ccc2N2CCCC2)nnc1-c1cccs1. The standard InChI is InChI=1S/C20H20F3N5OS2/c1-27-18(16-5-4-10-30-16)25-26-19(27)31-12-17(29)24-14-11-13(20(21,22)23)6-7-15(14)28-8-2-3-9-28/h4-7,10-11H,2-3,8-9,12H2,1H3,(H,24,29). The van der Waals surface area contributed by atoms with E-state index < -0.39 is 17.6 Å². The van der Waals surface area contributed by atoms with E-state index in [1.807, 2.05) is 29.5 Å². The molecule has 1 saturated heterocycles. The Kier molecular flexibility index (Phi) is 6.24. The van der Waals surface area contributed by atoms with Crippen molar-refractivity contribution in [1.82, 2.24) is 14.8 Å². The molecule has 1 aliphatic heterocycles. The van der Waals surface area contributed by atoms with Crippen LogP contribution in [0.1, 0.15) is 18.4 Å². The van der Waals surface area contributed by atoms with Crippen LogP contribution >= 0.6 is 23.1 Å². The van der Waals surface area contributed by atoms with Gasteiger partial charge in [0.05, 0.1) is 27.6 Å². The molecule has 1 fully saturated rings. The van der Waals surface area contributed by atoms with Crippen LogP contribution in [0.3, 0.4) is 0 Å². The van der Waals surface area contributed by atoms with Gasteiger partial charge in [0.1, 0.15) is 0 Å². The number of halogens is 3. The summed E-state index contributed by atoms with van der Waals surface area (Å²) in [6, 6.07) is 7.36. The van der Waals surface area contributed by atoms with Crippen LogP contribution in [0.25, 0.3) is 10.7 Å². The summed E-state index contributed by atoms with van der Waals surface area (Å²) in [6.45, 7) is 1.51. The first-order valence-electron chi connectivity index (χ1n) is 9.65. The van der Waals surface area contributed by atoms with Crippen molar-refractivity contribution < 1.29 is 18.0 Å². The number of nitrogens with one attached hydrogen (secondary N) is 1. The van der Waals surface area contributed by atoms with Crippen molar-refractivity contribution in [2.75, 3.05) is 29.1 Å². The number of alkyl halides is 3. The van der Waals surface area contributed by atoms with Gasteiger partial charge in [-0.05, 0) is 42.5 Å². The number of thioether (sulfide) groups is 1. The third-order valence-electron chi connectivity index (χ3n) is 4.95. The van der Waals surface area contributed by atoms with E-state index in [-0.39, 0.29) is 11.4 Å². The second-order valence-corrected chi connectivity index (χ2v) is 8.99. The summed E-state index contributed by atoms with van der Waals surface area (Å²) in [5, 5.41) is 13.5. The van der Waals surface area contributed by atoms with Gasteiger partial charge >= 0.3 is 6.18 Å². The van der Waals surface area contributed by atoms with Crippen molar-refractivity contribution >= 4 is 40.4 Å². The first kappa shape index (κ1) is 21.7. The summed E-state index contributed by atoms with van der Waals surface area (Å²) in [4.78, 5) is 15.5. The minimum atomic E-state index is -4.48. The molecule has 1 N–H and O–H groups in total. The van der Waals surface area contributed by atoms with E-state index in [1.54, 1.807) is 4.57 Å². The van der Waals surface area contributed by atoms with Crippen LogP contribution in [-0.4, -0.2) is 39.5 Å². The number of anilines is 2. The Balaban J connectivity index is 1.48. The number of carbonyl (C=O) groups is 1. The van der Waals surface area contributed by atoms with E-state index in [2.05, 4.69) is 15.5 Å². The Morgan fingerprint density at radius 3 is 2.68 bits per heavy atom. The van der Waals surface area contributed by atoms with E-state index in [0.717, 1.165) is 42.9 Å². The molecule has 4 rings (SSSR count). The highest BCUT2D eigenvalue weighted by Gasteiger charge is 2.32. The maximum Gasteiger partial charge on any atom is 0.416 e. The fraction of sp³-hybridized carbons (Fsp3) is 0.350. The molecule has 2 aromatic heterocycles. The van der Waals surface area contributed by atoms with Gasteiger partial charge in [-0.15, -0.1) is 21.5 Å². The Bertz CT molecular complexity index is 1060. The average Bonchev–Trinajstić information content (AvgIpc) is 3.48. The molecule has 164 valence electrons. The van der Waals surface area contributed by atoms with Crippen molar-refractivity contribution in [3.63, 3.8) is 0 Å². The van der Waals surface area contributed by atoms with E-state index >= 15 is 0 Å². The van der Waals surface area contributed by atoms with E-state index in [0.29, 0.717) is 16.7 Å². The summed E-state index contributed by atoms with van der Waals surface area (Å²) in [6.07, 6.45) is -2.53. The van der Waals surface area contributed by atoms with Gasteiger partial charge in [0.15, 0.2) is 11.0 Å². The van der Waals surface area contributed by atoms with Gasteiger partial charge in [-0.25, -0.2) is 0 Å². The molecule has 0 radical (unpaired) electrons. The zero-order valence-electron chi connectivity index (χ0n) is 16.6. The number of hydrogen-bond donors (Lipinski definition) is 1. The molecule has 1 amide bonds. The molecule has 6 nitrogen and oxygen atoms in total. The number of thiophene rings is 1. The highest BCUT2D eigenvalue weighted by Crippen LogP contribution is 2.36. The number of carbonyl (C=O) groups excluding carboxylic acids is 1. The van der Waals surface area contributed by atoms with E-state index in [1.165, 1.54) is 29.2 Å². The quantitative estimate of drug-likeness (QED) is 0.523. The summed E-state index contributed by atoms with van der Waals surface area (Å²) < 4.78 is 41.4. The van der Waals surface area contributed by atoms with E-state index in [4.69, 9.17) is 0 Å². The fourth-order valence-electron chi connectivity index (χ4n) is 3.42. The van der Waals surface area contributed by atoms with Crippen molar-refractivity contribution in [2.45, 2.75) is 24.2 Å². The Morgan fingerprint density at radius 2 is 2.00 bits per heavy atom. The molecule has 0 atom stereocenters. The number of aromatic nitrogens is 3. The first-order chi connectivity index (χ1) is 14.8. The minimum Gasteiger partial charge on any atom is -0.370 e. The zero-order chi connectivity index (χ0) is 22.0. The number of hydrogen-bond acceptors (Lipinski definition) is 6. The molecular formula is C20H20F3N5OS2. The Labute approximate surface area is 185 Å². The van der Waals surface area contributed by atoms with Crippen molar-refractivity contribution in [3.05, 3.63) is 41.3 Å². The molecule has 0 aliphatic carbocycles. The van der Waals surface area contributed by atoms with Gasteiger partial charge in [-0.3, -0.25) is 4.79 Å². The van der Waals surface area contributed by atoms with Crippen molar-refractivity contribution in [3.8, 4) is 10.7 Å². The lowest BCUT2D eigenvalue weighted by Gasteiger charge is -2.23. The molecule has 11 heteroatoms. The van der Waals surface area contributed by atoms with Gasteiger partial charge < -0.3 is 14.8 Å². The van der Waals surface area contributed by atoms with Crippen LogP contribution in [0.2, 0.25) is 0 Å². The molecular weight excluding hydrogens is 447 g/mol. The lowest BCUT2D eigenvalue weighted by Crippen LogP contribution is -2.22. The lowest BCUT2D eigenvalue weighted by molar-refractivity contribution is -0.137. The number of rotatable bonds is 6. The maximum atomic E-state index is 13.2. The average molecular weight is 468 g/mol. The van der Waals surface area contributed by atoms with Crippen LogP contribution in [-0.2, 0) is 18.0 Å². The second-order valence-electron chi connectivity index (χ2n) is 7.10. The molecule has 31 heavy (non-hydrogen) atoms. The summed E-state index contributed by atoms with van der Waals surface area (Å²) >= 11 is 2.72. The third-order valence-corrected chi connectivity index (χ3v) is 6.84. The number of benzene rings is 1. The molecule has 0 bridgehead atoms. The highest BCUT2D eigenvalue weighted by atomic mass is 32.2. The molecule has 1 aromatic carbocycles. The summed E-state index contributed by atoms with van der Waals surface area (Å²) in [5.74, 6) is 0.309. The third kappa shape index (κ3) is 4.87. The van der Waals surface area contributed by atoms with Crippen molar-refractivity contribution in [1.29, 1.82) is 0 Å². The van der Waals surface area contributed by atoms with Crippen LogP contribution in [0.5, 0.6) is 0 Å².